The first-order valence-corrected chi connectivity index (χ1v) is 8.51. The van der Waals surface area contributed by atoms with Gasteiger partial charge in [0.05, 0.1) is 0 Å². The van der Waals surface area contributed by atoms with E-state index in [1.807, 2.05) is 13.8 Å². The largest absolute Gasteiger partial charge is 0.416 e. The van der Waals surface area contributed by atoms with Crippen LogP contribution in [0.15, 0.2) is 0 Å². The Morgan fingerprint density at radius 3 is 1.80 bits per heavy atom. The number of hydrogen-bond donors (Lipinski definition) is 0. The summed E-state index contributed by atoms with van der Waals surface area (Å²) >= 11 is 0. The third-order valence-corrected chi connectivity index (χ3v) is 8.25. The van der Waals surface area contributed by atoms with Gasteiger partial charge >= 0.3 is 0 Å². The molecule has 90 valence electrons. The van der Waals surface area contributed by atoms with Gasteiger partial charge in [0.15, 0.2) is 8.32 Å². The molecule has 0 rings (SSSR count). The van der Waals surface area contributed by atoms with Crippen LogP contribution in [0, 0.1) is 5.41 Å². The van der Waals surface area contributed by atoms with Crippen LogP contribution in [0.5, 0.6) is 0 Å². The molecule has 0 amide bonds. The van der Waals surface area contributed by atoms with Gasteiger partial charge in [-0.3, -0.25) is 4.79 Å². The molecule has 0 spiro atoms. The highest BCUT2D eigenvalue weighted by molar-refractivity contribution is 6.73. The average molecular weight is 230 g/mol. The molecule has 0 aromatic heterocycles. The fraction of sp³-hybridized carbons (Fsp3) is 0.917. The van der Waals surface area contributed by atoms with Crippen molar-refractivity contribution in [3.63, 3.8) is 0 Å². The first-order chi connectivity index (χ1) is 6.83. The van der Waals surface area contributed by atoms with E-state index >= 15 is 0 Å². The van der Waals surface area contributed by atoms with E-state index in [9.17, 15) is 4.79 Å². The van der Waals surface area contributed by atoms with Crippen LogP contribution in [0.2, 0.25) is 18.1 Å². The summed E-state index contributed by atoms with van der Waals surface area (Å²) in [6.45, 7) is 12.8. The van der Waals surface area contributed by atoms with E-state index in [4.69, 9.17) is 4.43 Å². The second kappa shape index (κ2) is 5.80. The number of carbonyl (C=O) groups is 1. The predicted octanol–water partition coefficient (Wildman–Crippen LogP) is 3.62. The molecule has 0 bridgehead atoms. The minimum absolute atomic E-state index is 0.216. The summed E-state index contributed by atoms with van der Waals surface area (Å²) < 4.78 is 6.12. The van der Waals surface area contributed by atoms with Crippen LogP contribution < -0.4 is 0 Å². The van der Waals surface area contributed by atoms with Crippen molar-refractivity contribution in [2.45, 2.75) is 59.7 Å². The van der Waals surface area contributed by atoms with E-state index in [1.165, 1.54) is 0 Å². The monoisotopic (exact) mass is 230 g/mol. The lowest BCUT2D eigenvalue weighted by Gasteiger charge is -2.32. The van der Waals surface area contributed by atoms with Gasteiger partial charge in [0.2, 0.25) is 0 Å². The maximum atomic E-state index is 11.4. The Kier molecular flexibility index (Phi) is 5.74. The van der Waals surface area contributed by atoms with E-state index in [0.717, 1.165) is 18.1 Å². The highest BCUT2D eigenvalue weighted by Crippen LogP contribution is 2.26. The Balaban J connectivity index is 4.40. The predicted molar refractivity (Wildman–Crippen MR) is 67.6 cm³/mol. The highest BCUT2D eigenvalue weighted by Gasteiger charge is 2.33. The molecule has 2 nitrogen and oxygen atoms in total. The standard InChI is InChI=1S/C12H26O2Si/c1-7-15(8-2,9-3)14-10-12(5,6)11(4)13/h7-10H2,1-6H3. The van der Waals surface area contributed by atoms with Gasteiger partial charge in [-0.15, -0.1) is 0 Å². The summed E-state index contributed by atoms with van der Waals surface area (Å²) in [5.74, 6) is 0.216. The zero-order chi connectivity index (χ0) is 12.1. The second-order valence-electron chi connectivity index (χ2n) is 4.97. The third-order valence-electron chi connectivity index (χ3n) is 3.63. The zero-order valence-corrected chi connectivity index (χ0v) is 12.1. The summed E-state index contributed by atoms with van der Waals surface area (Å²) in [6, 6.07) is 3.44. The van der Waals surface area contributed by atoms with Gasteiger partial charge in [-0.1, -0.05) is 34.6 Å². The molecule has 0 radical (unpaired) electrons. The Morgan fingerprint density at radius 2 is 1.53 bits per heavy atom. The third kappa shape index (κ3) is 4.07. The van der Waals surface area contributed by atoms with Crippen LogP contribution in [0.3, 0.4) is 0 Å². The Labute approximate surface area is 95.5 Å². The lowest BCUT2D eigenvalue weighted by molar-refractivity contribution is -0.126. The van der Waals surface area contributed by atoms with Crippen molar-refractivity contribution in [1.29, 1.82) is 0 Å². The molecule has 0 aliphatic rings. The van der Waals surface area contributed by atoms with Crippen molar-refractivity contribution in [2.24, 2.45) is 5.41 Å². The molecule has 0 atom stereocenters. The zero-order valence-electron chi connectivity index (χ0n) is 11.1. The van der Waals surface area contributed by atoms with E-state index in [0.29, 0.717) is 6.61 Å². The van der Waals surface area contributed by atoms with Crippen molar-refractivity contribution in [3.8, 4) is 0 Å². The molecule has 0 fully saturated rings. The van der Waals surface area contributed by atoms with Gasteiger partial charge < -0.3 is 4.43 Å². The SMILES string of the molecule is CC[Si](CC)(CC)OCC(C)(C)C(C)=O. The van der Waals surface area contributed by atoms with Crippen molar-refractivity contribution in [1.82, 2.24) is 0 Å². The molecule has 3 heteroatoms. The lowest BCUT2D eigenvalue weighted by Crippen LogP contribution is -2.40. The number of ketones is 1. The number of carbonyl (C=O) groups excluding carboxylic acids is 1. The van der Waals surface area contributed by atoms with Gasteiger partial charge in [0.1, 0.15) is 5.78 Å². The van der Waals surface area contributed by atoms with E-state index < -0.39 is 8.32 Å². The maximum absolute atomic E-state index is 11.4. The van der Waals surface area contributed by atoms with Crippen LogP contribution in [0.25, 0.3) is 0 Å². The molecule has 0 aliphatic carbocycles. The highest BCUT2D eigenvalue weighted by atomic mass is 28.4. The minimum Gasteiger partial charge on any atom is -0.416 e. The van der Waals surface area contributed by atoms with E-state index in [1.54, 1.807) is 6.92 Å². The summed E-state index contributed by atoms with van der Waals surface area (Å²) in [5, 5.41) is 0. The second-order valence-corrected chi connectivity index (χ2v) is 9.75. The summed E-state index contributed by atoms with van der Waals surface area (Å²) in [4.78, 5) is 11.4. The van der Waals surface area contributed by atoms with Crippen molar-refractivity contribution >= 4 is 14.1 Å². The van der Waals surface area contributed by atoms with Crippen LogP contribution in [-0.2, 0) is 9.22 Å². The number of hydrogen-bond acceptors (Lipinski definition) is 2. The molecule has 0 aromatic carbocycles. The summed E-state index contributed by atoms with van der Waals surface area (Å²) in [7, 11) is -1.53. The van der Waals surface area contributed by atoms with Crippen molar-refractivity contribution in [3.05, 3.63) is 0 Å². The first-order valence-electron chi connectivity index (χ1n) is 5.98. The number of rotatable bonds is 7. The molecule has 15 heavy (non-hydrogen) atoms. The molecule has 0 unspecified atom stereocenters. The smallest absolute Gasteiger partial charge is 0.192 e. The molecule has 0 saturated heterocycles. The Hall–Kier alpha value is -0.153. The Morgan fingerprint density at radius 1 is 1.13 bits per heavy atom. The van der Waals surface area contributed by atoms with Gasteiger partial charge in [0, 0.05) is 12.0 Å². The van der Waals surface area contributed by atoms with Gasteiger partial charge in [0.25, 0.3) is 0 Å². The number of Topliss-reactive ketones (excluding diaryl/α,β-unsaturated/α-hetero) is 1. The minimum atomic E-state index is -1.53. The fourth-order valence-electron chi connectivity index (χ4n) is 1.49. The normalized spacial score (nSPS) is 12.9. The lowest BCUT2D eigenvalue weighted by atomic mass is 9.90. The van der Waals surface area contributed by atoms with Crippen LogP contribution >= 0.6 is 0 Å². The summed E-state index contributed by atoms with van der Waals surface area (Å²) in [5.41, 5.74) is -0.322. The van der Waals surface area contributed by atoms with Crippen molar-refractivity contribution < 1.29 is 9.22 Å². The van der Waals surface area contributed by atoms with Crippen LogP contribution in [0.1, 0.15) is 41.5 Å². The van der Waals surface area contributed by atoms with E-state index in [2.05, 4.69) is 20.8 Å². The fourth-order valence-corrected chi connectivity index (χ4v) is 4.27. The quantitative estimate of drug-likeness (QED) is 0.624. The summed E-state index contributed by atoms with van der Waals surface area (Å²) in [6.07, 6.45) is 0. The molecule has 0 N–H and O–H groups in total. The topological polar surface area (TPSA) is 26.3 Å². The molecular formula is C12H26O2Si. The molecule has 0 aromatic rings. The van der Waals surface area contributed by atoms with Gasteiger partial charge in [-0.05, 0) is 25.1 Å². The molecule has 0 heterocycles. The first kappa shape index (κ1) is 14.8. The van der Waals surface area contributed by atoms with Gasteiger partial charge in [-0.25, -0.2) is 0 Å². The van der Waals surface area contributed by atoms with Gasteiger partial charge in [-0.2, -0.15) is 0 Å². The van der Waals surface area contributed by atoms with Crippen LogP contribution in [0.4, 0.5) is 0 Å². The molecular weight excluding hydrogens is 204 g/mol. The molecule has 0 aliphatic heterocycles. The Bertz CT molecular complexity index is 199. The average Bonchev–Trinajstić information content (AvgIpc) is 2.20. The maximum Gasteiger partial charge on any atom is 0.192 e. The van der Waals surface area contributed by atoms with Crippen LogP contribution in [-0.4, -0.2) is 20.7 Å². The van der Waals surface area contributed by atoms with E-state index in [-0.39, 0.29) is 11.2 Å². The molecule has 0 saturated carbocycles. The van der Waals surface area contributed by atoms with Crippen molar-refractivity contribution in [2.75, 3.05) is 6.61 Å².